The molecule has 0 amide bonds. The highest BCUT2D eigenvalue weighted by atomic mass is 16.7. The van der Waals surface area contributed by atoms with Crippen molar-refractivity contribution < 1.29 is 14.6 Å². The normalized spacial score (nSPS) is 15.1. The molecular formula is C13H18N2O3. The van der Waals surface area contributed by atoms with Crippen LogP contribution in [0.3, 0.4) is 0 Å². The van der Waals surface area contributed by atoms with Gasteiger partial charge in [0.05, 0.1) is 18.9 Å². The Bertz CT molecular complexity index is 430. The van der Waals surface area contributed by atoms with Gasteiger partial charge in [-0.15, -0.1) is 0 Å². The number of rotatable bonds is 5. The first-order valence-corrected chi connectivity index (χ1v) is 6.02. The van der Waals surface area contributed by atoms with Gasteiger partial charge in [0, 0.05) is 7.05 Å². The Balaban J connectivity index is 2.04. The standard InChI is InChI=1S/C13H18N2O3/c1-3-11(8-16)15(2)14-7-10-4-5-12-13(6-10)18-9-17-12/h4-7,11,16H,3,8-9H2,1-2H3/b14-7+/t11-/m1/s1. The number of hydrazone groups is 1. The molecule has 1 aromatic carbocycles. The zero-order valence-electron chi connectivity index (χ0n) is 10.7. The number of ether oxygens (including phenoxy) is 2. The average molecular weight is 250 g/mol. The molecule has 0 aliphatic carbocycles. The second-order valence-electron chi connectivity index (χ2n) is 4.18. The number of hydrogen-bond acceptors (Lipinski definition) is 5. The minimum absolute atomic E-state index is 0.0512. The molecule has 1 atom stereocenters. The zero-order chi connectivity index (χ0) is 13.0. The number of benzene rings is 1. The van der Waals surface area contributed by atoms with Gasteiger partial charge in [-0.1, -0.05) is 6.92 Å². The summed E-state index contributed by atoms with van der Waals surface area (Å²) < 4.78 is 10.5. The van der Waals surface area contributed by atoms with Crippen LogP contribution in [0.2, 0.25) is 0 Å². The third kappa shape index (κ3) is 2.73. The maximum atomic E-state index is 9.17. The van der Waals surface area contributed by atoms with Gasteiger partial charge in [0.1, 0.15) is 0 Å². The third-order valence-electron chi connectivity index (χ3n) is 3.00. The summed E-state index contributed by atoms with van der Waals surface area (Å²) in [4.78, 5) is 0. The number of aliphatic hydroxyl groups is 1. The topological polar surface area (TPSA) is 54.3 Å². The summed E-state index contributed by atoms with van der Waals surface area (Å²) in [5.41, 5.74) is 0.943. The Morgan fingerprint density at radius 1 is 1.44 bits per heavy atom. The van der Waals surface area contributed by atoms with Crippen molar-refractivity contribution in [3.8, 4) is 11.5 Å². The molecule has 1 aliphatic heterocycles. The number of aliphatic hydroxyl groups excluding tert-OH is 1. The number of nitrogens with zero attached hydrogens (tertiary/aromatic N) is 2. The van der Waals surface area contributed by atoms with Gasteiger partial charge >= 0.3 is 0 Å². The van der Waals surface area contributed by atoms with Gasteiger partial charge in [0.15, 0.2) is 11.5 Å². The van der Waals surface area contributed by atoms with Crippen LogP contribution in [0.5, 0.6) is 11.5 Å². The minimum atomic E-state index is 0.0512. The van der Waals surface area contributed by atoms with E-state index in [1.54, 1.807) is 11.2 Å². The molecule has 0 radical (unpaired) electrons. The van der Waals surface area contributed by atoms with Gasteiger partial charge in [0.25, 0.3) is 0 Å². The van der Waals surface area contributed by atoms with Crippen molar-refractivity contribution in [3.63, 3.8) is 0 Å². The van der Waals surface area contributed by atoms with E-state index in [4.69, 9.17) is 14.6 Å². The van der Waals surface area contributed by atoms with Gasteiger partial charge in [-0.3, -0.25) is 5.01 Å². The summed E-state index contributed by atoms with van der Waals surface area (Å²) in [6.45, 7) is 2.40. The molecule has 2 rings (SSSR count). The van der Waals surface area contributed by atoms with Crippen molar-refractivity contribution in [3.05, 3.63) is 23.8 Å². The van der Waals surface area contributed by atoms with Crippen LogP contribution >= 0.6 is 0 Å². The second kappa shape index (κ2) is 5.73. The third-order valence-corrected chi connectivity index (χ3v) is 3.00. The van der Waals surface area contributed by atoms with Gasteiger partial charge < -0.3 is 14.6 Å². The van der Waals surface area contributed by atoms with Crippen molar-refractivity contribution in [1.29, 1.82) is 0 Å². The zero-order valence-corrected chi connectivity index (χ0v) is 10.7. The molecule has 0 aromatic heterocycles. The van der Waals surface area contributed by atoms with Crippen LogP contribution in [0.1, 0.15) is 18.9 Å². The van der Waals surface area contributed by atoms with E-state index in [0.29, 0.717) is 0 Å². The Kier molecular flexibility index (Phi) is 4.04. The van der Waals surface area contributed by atoms with E-state index in [-0.39, 0.29) is 19.4 Å². The van der Waals surface area contributed by atoms with Crippen molar-refractivity contribution in [2.24, 2.45) is 5.10 Å². The summed E-state index contributed by atoms with van der Waals surface area (Å²) in [6, 6.07) is 5.73. The van der Waals surface area contributed by atoms with Crippen LogP contribution in [0.15, 0.2) is 23.3 Å². The van der Waals surface area contributed by atoms with E-state index in [2.05, 4.69) is 5.10 Å². The predicted octanol–water partition coefficient (Wildman–Crippen LogP) is 1.45. The van der Waals surface area contributed by atoms with Crippen LogP contribution in [0.4, 0.5) is 0 Å². The molecule has 0 saturated heterocycles. The molecule has 0 saturated carbocycles. The van der Waals surface area contributed by atoms with Crippen molar-refractivity contribution in [2.45, 2.75) is 19.4 Å². The lowest BCUT2D eigenvalue weighted by Gasteiger charge is -2.21. The highest BCUT2D eigenvalue weighted by Crippen LogP contribution is 2.31. The van der Waals surface area contributed by atoms with E-state index in [1.165, 1.54) is 0 Å². The average Bonchev–Trinajstić information content (AvgIpc) is 2.85. The van der Waals surface area contributed by atoms with Crippen molar-refractivity contribution in [2.75, 3.05) is 20.4 Å². The van der Waals surface area contributed by atoms with Gasteiger partial charge in [-0.05, 0) is 30.2 Å². The van der Waals surface area contributed by atoms with E-state index < -0.39 is 0 Å². The molecule has 0 spiro atoms. The molecular weight excluding hydrogens is 232 g/mol. The molecule has 1 N–H and O–H groups in total. The van der Waals surface area contributed by atoms with E-state index in [1.807, 2.05) is 32.2 Å². The summed E-state index contributed by atoms with van der Waals surface area (Å²) in [5, 5.41) is 15.3. The van der Waals surface area contributed by atoms with Gasteiger partial charge in [0.2, 0.25) is 6.79 Å². The smallest absolute Gasteiger partial charge is 0.231 e. The summed E-state index contributed by atoms with van der Waals surface area (Å²) >= 11 is 0. The van der Waals surface area contributed by atoms with E-state index in [0.717, 1.165) is 23.5 Å². The molecule has 1 heterocycles. The predicted molar refractivity (Wildman–Crippen MR) is 69.1 cm³/mol. The van der Waals surface area contributed by atoms with Crippen LogP contribution < -0.4 is 9.47 Å². The van der Waals surface area contributed by atoms with Crippen LogP contribution in [0.25, 0.3) is 0 Å². The highest BCUT2D eigenvalue weighted by molar-refractivity contribution is 5.80. The fourth-order valence-electron chi connectivity index (χ4n) is 1.76. The first kappa shape index (κ1) is 12.7. The lowest BCUT2D eigenvalue weighted by Crippen LogP contribution is -2.29. The van der Waals surface area contributed by atoms with Crippen molar-refractivity contribution >= 4 is 6.21 Å². The molecule has 1 aromatic rings. The molecule has 0 bridgehead atoms. The summed E-state index contributed by atoms with van der Waals surface area (Å²) in [7, 11) is 1.86. The largest absolute Gasteiger partial charge is 0.454 e. The first-order valence-electron chi connectivity index (χ1n) is 6.02. The lowest BCUT2D eigenvalue weighted by molar-refractivity contribution is 0.148. The van der Waals surface area contributed by atoms with Gasteiger partial charge in [-0.25, -0.2) is 0 Å². The first-order chi connectivity index (χ1) is 8.74. The minimum Gasteiger partial charge on any atom is -0.454 e. The highest BCUT2D eigenvalue weighted by Gasteiger charge is 2.13. The SMILES string of the molecule is CC[C@H](CO)N(C)/N=C/c1ccc2c(c1)OCO2. The Hall–Kier alpha value is -1.75. The fraction of sp³-hybridized carbons (Fsp3) is 0.462. The molecule has 98 valence electrons. The molecule has 1 aliphatic rings. The Morgan fingerprint density at radius 2 is 2.22 bits per heavy atom. The fourth-order valence-corrected chi connectivity index (χ4v) is 1.76. The molecule has 5 nitrogen and oxygen atoms in total. The van der Waals surface area contributed by atoms with Crippen LogP contribution in [-0.4, -0.2) is 42.8 Å². The summed E-state index contributed by atoms with van der Waals surface area (Å²) in [5.74, 6) is 1.51. The maximum absolute atomic E-state index is 9.17. The van der Waals surface area contributed by atoms with Gasteiger partial charge in [-0.2, -0.15) is 5.10 Å². The van der Waals surface area contributed by atoms with E-state index in [9.17, 15) is 0 Å². The van der Waals surface area contributed by atoms with E-state index >= 15 is 0 Å². The Morgan fingerprint density at radius 3 is 2.94 bits per heavy atom. The second-order valence-corrected chi connectivity index (χ2v) is 4.18. The van der Waals surface area contributed by atoms with Crippen LogP contribution in [0, 0.1) is 0 Å². The number of likely N-dealkylation sites (N-methyl/N-ethyl adjacent to an activating group) is 1. The summed E-state index contributed by atoms with van der Waals surface area (Å²) in [6.07, 6.45) is 2.60. The quantitative estimate of drug-likeness (QED) is 0.635. The molecule has 0 fully saturated rings. The monoisotopic (exact) mass is 250 g/mol. The molecule has 5 heteroatoms. The van der Waals surface area contributed by atoms with Crippen molar-refractivity contribution in [1.82, 2.24) is 5.01 Å². The molecule has 18 heavy (non-hydrogen) atoms. The van der Waals surface area contributed by atoms with Crippen LogP contribution in [-0.2, 0) is 0 Å². The molecule has 0 unspecified atom stereocenters. The maximum Gasteiger partial charge on any atom is 0.231 e. The number of hydrogen-bond donors (Lipinski definition) is 1. The number of fused-ring (bicyclic) bond motifs is 1. The Labute approximate surface area is 107 Å². The lowest BCUT2D eigenvalue weighted by atomic mass is 10.2.